The summed E-state index contributed by atoms with van der Waals surface area (Å²) in [5.41, 5.74) is 1.76. The molecule has 1 N–H and O–H groups in total. The van der Waals surface area contributed by atoms with Crippen molar-refractivity contribution in [2.45, 2.75) is 6.92 Å². The van der Waals surface area contributed by atoms with Gasteiger partial charge in [-0.2, -0.15) is 0 Å². The number of carbonyl (C=O) groups is 1. The predicted molar refractivity (Wildman–Crippen MR) is 84.4 cm³/mol. The van der Waals surface area contributed by atoms with Crippen LogP contribution < -0.4 is 0 Å². The zero-order chi connectivity index (χ0) is 15.1. The first-order valence-corrected chi connectivity index (χ1v) is 7.71. The number of thiophene rings is 1. The lowest BCUT2D eigenvalue weighted by molar-refractivity contribution is 0.0699. The molecule has 0 radical (unpaired) electrons. The molecule has 1 aromatic carbocycles. The van der Waals surface area contributed by atoms with Crippen molar-refractivity contribution in [1.29, 1.82) is 0 Å². The highest BCUT2D eigenvalue weighted by atomic mass is 79.9. The second-order valence-electron chi connectivity index (χ2n) is 4.61. The quantitative estimate of drug-likeness (QED) is 0.704. The number of halogens is 2. The zero-order valence-corrected chi connectivity index (χ0v) is 13.3. The molecule has 3 rings (SSSR count). The molecule has 3 nitrogen and oxygen atoms in total. The summed E-state index contributed by atoms with van der Waals surface area (Å²) in [7, 11) is 0. The molecule has 2 heterocycles. The molecule has 3 aromatic rings. The van der Waals surface area contributed by atoms with E-state index in [1.807, 2.05) is 11.4 Å². The van der Waals surface area contributed by atoms with Crippen LogP contribution in [-0.2, 0) is 0 Å². The Kier molecular flexibility index (Phi) is 3.51. The molecule has 106 valence electrons. The average Bonchev–Trinajstić information content (AvgIpc) is 2.84. The van der Waals surface area contributed by atoms with Crippen molar-refractivity contribution in [3.8, 4) is 10.6 Å². The Bertz CT molecular complexity index is 875. The molecule has 0 atom stereocenters. The topological polar surface area (TPSA) is 50.2 Å². The van der Waals surface area contributed by atoms with Gasteiger partial charge in [0.05, 0.1) is 21.7 Å². The predicted octanol–water partition coefficient (Wildman–Crippen LogP) is 4.87. The number of aromatic nitrogens is 1. The second-order valence-corrected chi connectivity index (χ2v) is 6.44. The number of carboxylic acid groups (broad SMARTS) is 1. The van der Waals surface area contributed by atoms with Gasteiger partial charge in [-0.3, -0.25) is 0 Å². The molecule has 0 bridgehead atoms. The van der Waals surface area contributed by atoms with Crippen molar-refractivity contribution in [2.24, 2.45) is 0 Å². The minimum atomic E-state index is -1.09. The number of hydrogen-bond donors (Lipinski definition) is 1. The average molecular weight is 366 g/mol. The van der Waals surface area contributed by atoms with Crippen molar-refractivity contribution in [1.82, 2.24) is 4.98 Å². The van der Waals surface area contributed by atoms with Crippen LogP contribution in [-0.4, -0.2) is 16.1 Å². The largest absolute Gasteiger partial charge is 0.478 e. The van der Waals surface area contributed by atoms with E-state index in [0.29, 0.717) is 22.2 Å². The number of aryl methyl sites for hydroxylation is 1. The molecule has 6 heteroatoms. The van der Waals surface area contributed by atoms with Crippen molar-refractivity contribution in [2.75, 3.05) is 0 Å². The van der Waals surface area contributed by atoms with Crippen molar-refractivity contribution in [3.05, 3.63) is 51.1 Å². The zero-order valence-electron chi connectivity index (χ0n) is 10.9. The minimum Gasteiger partial charge on any atom is -0.478 e. The Labute approximate surface area is 132 Å². The smallest absolute Gasteiger partial charge is 0.336 e. The van der Waals surface area contributed by atoms with Gasteiger partial charge in [0, 0.05) is 15.2 Å². The van der Waals surface area contributed by atoms with Gasteiger partial charge in [0.25, 0.3) is 0 Å². The normalized spacial score (nSPS) is 11.0. The summed E-state index contributed by atoms with van der Waals surface area (Å²) in [6.07, 6.45) is 0. The second kappa shape index (κ2) is 5.20. The third-order valence-corrected chi connectivity index (χ3v) is 4.83. The number of hydrogen-bond acceptors (Lipinski definition) is 3. The SMILES string of the molecule is Cc1cc(F)cc2c(C(=O)O)cc(-c3cc(Br)cs3)nc12. The van der Waals surface area contributed by atoms with Gasteiger partial charge < -0.3 is 5.11 Å². The van der Waals surface area contributed by atoms with E-state index in [4.69, 9.17) is 0 Å². The van der Waals surface area contributed by atoms with E-state index in [1.54, 1.807) is 6.92 Å². The van der Waals surface area contributed by atoms with Gasteiger partial charge >= 0.3 is 5.97 Å². The lowest BCUT2D eigenvalue weighted by atomic mass is 10.0. The van der Waals surface area contributed by atoms with Crippen LogP contribution in [0.3, 0.4) is 0 Å². The first kappa shape index (κ1) is 14.2. The van der Waals surface area contributed by atoms with E-state index >= 15 is 0 Å². The van der Waals surface area contributed by atoms with E-state index in [2.05, 4.69) is 20.9 Å². The summed E-state index contributed by atoms with van der Waals surface area (Å²) in [5.74, 6) is -1.56. The Morgan fingerprint density at radius 1 is 1.33 bits per heavy atom. The standard InChI is InChI=1S/C15H9BrFNO2S/c1-7-2-9(17)4-10-11(15(19)20)5-12(18-14(7)10)13-3-8(16)6-21-13/h2-6H,1H3,(H,19,20). The van der Waals surface area contributed by atoms with E-state index in [1.165, 1.54) is 29.5 Å². The van der Waals surface area contributed by atoms with Crippen LogP contribution in [0.1, 0.15) is 15.9 Å². The molecule has 2 aromatic heterocycles. The molecule has 0 aliphatic rings. The van der Waals surface area contributed by atoms with Crippen LogP contribution in [0.4, 0.5) is 4.39 Å². The highest BCUT2D eigenvalue weighted by Gasteiger charge is 2.16. The van der Waals surface area contributed by atoms with Crippen LogP contribution in [0, 0.1) is 12.7 Å². The molecule has 0 spiro atoms. The minimum absolute atomic E-state index is 0.0575. The molecule has 21 heavy (non-hydrogen) atoms. The van der Waals surface area contributed by atoms with Crippen molar-refractivity contribution < 1.29 is 14.3 Å². The summed E-state index contributed by atoms with van der Waals surface area (Å²) in [6.45, 7) is 1.72. The number of rotatable bonds is 2. The third-order valence-electron chi connectivity index (χ3n) is 3.12. The van der Waals surface area contributed by atoms with Crippen LogP contribution in [0.2, 0.25) is 0 Å². The van der Waals surface area contributed by atoms with Crippen molar-refractivity contribution in [3.63, 3.8) is 0 Å². The fourth-order valence-electron chi connectivity index (χ4n) is 2.21. The molecule has 0 aliphatic heterocycles. The monoisotopic (exact) mass is 365 g/mol. The van der Waals surface area contributed by atoms with E-state index in [0.717, 1.165) is 9.35 Å². The summed E-state index contributed by atoms with van der Waals surface area (Å²) >= 11 is 4.83. The Morgan fingerprint density at radius 2 is 2.10 bits per heavy atom. The molecular weight excluding hydrogens is 357 g/mol. The number of aromatic carboxylic acids is 1. The number of benzene rings is 1. The van der Waals surface area contributed by atoms with Gasteiger partial charge in [-0.25, -0.2) is 14.2 Å². The highest BCUT2D eigenvalue weighted by Crippen LogP contribution is 2.32. The van der Waals surface area contributed by atoms with Crippen LogP contribution >= 0.6 is 27.3 Å². The van der Waals surface area contributed by atoms with E-state index in [-0.39, 0.29) is 5.56 Å². The summed E-state index contributed by atoms with van der Waals surface area (Å²) in [6, 6.07) is 5.94. The number of pyridine rings is 1. The molecule has 0 aliphatic carbocycles. The van der Waals surface area contributed by atoms with Crippen LogP contribution in [0.15, 0.2) is 34.1 Å². The third kappa shape index (κ3) is 2.56. The highest BCUT2D eigenvalue weighted by molar-refractivity contribution is 9.10. The summed E-state index contributed by atoms with van der Waals surface area (Å²) in [5, 5.41) is 11.6. The van der Waals surface area contributed by atoms with Gasteiger partial charge in [-0.05, 0) is 52.7 Å². The number of carboxylic acids is 1. The maximum Gasteiger partial charge on any atom is 0.336 e. The molecule has 0 fully saturated rings. The molecule has 0 saturated heterocycles. The van der Waals surface area contributed by atoms with Gasteiger partial charge in [0.2, 0.25) is 0 Å². The fourth-order valence-corrected chi connectivity index (χ4v) is 3.60. The van der Waals surface area contributed by atoms with Crippen LogP contribution in [0.5, 0.6) is 0 Å². The lowest BCUT2D eigenvalue weighted by Crippen LogP contribution is -2.01. The maximum absolute atomic E-state index is 13.5. The molecular formula is C15H9BrFNO2S. The lowest BCUT2D eigenvalue weighted by Gasteiger charge is -2.08. The van der Waals surface area contributed by atoms with Gasteiger partial charge in [0.1, 0.15) is 5.82 Å². The fraction of sp³-hybridized carbons (Fsp3) is 0.0667. The Hall–Kier alpha value is -1.79. The summed E-state index contributed by atoms with van der Waals surface area (Å²) < 4.78 is 14.5. The first-order chi connectivity index (χ1) is 9.95. The summed E-state index contributed by atoms with van der Waals surface area (Å²) in [4.78, 5) is 16.8. The maximum atomic E-state index is 13.5. The van der Waals surface area contributed by atoms with Crippen molar-refractivity contribution >= 4 is 44.1 Å². The first-order valence-electron chi connectivity index (χ1n) is 6.04. The van der Waals surface area contributed by atoms with E-state index in [9.17, 15) is 14.3 Å². The number of fused-ring (bicyclic) bond motifs is 1. The Morgan fingerprint density at radius 3 is 2.71 bits per heavy atom. The Balaban J connectivity index is 2.37. The molecule has 0 saturated carbocycles. The van der Waals surface area contributed by atoms with Gasteiger partial charge in [-0.1, -0.05) is 0 Å². The van der Waals surface area contributed by atoms with Gasteiger partial charge in [-0.15, -0.1) is 11.3 Å². The van der Waals surface area contributed by atoms with E-state index < -0.39 is 11.8 Å². The van der Waals surface area contributed by atoms with Gasteiger partial charge in [0.15, 0.2) is 0 Å². The van der Waals surface area contributed by atoms with Crippen LogP contribution in [0.25, 0.3) is 21.5 Å². The molecule has 0 amide bonds. The number of nitrogens with zero attached hydrogens (tertiary/aromatic N) is 1. The molecule has 0 unspecified atom stereocenters.